The number of aliphatic hydroxyl groups is 1. The van der Waals surface area contributed by atoms with E-state index >= 15 is 0 Å². The molecule has 4 aliphatic carbocycles. The quantitative estimate of drug-likeness (QED) is 0.588. The van der Waals surface area contributed by atoms with Crippen LogP contribution < -0.4 is 0 Å². The van der Waals surface area contributed by atoms with Gasteiger partial charge in [0, 0.05) is 10.8 Å². The lowest BCUT2D eigenvalue weighted by Gasteiger charge is -2.36. The first-order chi connectivity index (χ1) is 13.9. The van der Waals surface area contributed by atoms with Gasteiger partial charge in [0.1, 0.15) is 0 Å². The molecule has 1 aromatic carbocycles. The van der Waals surface area contributed by atoms with Crippen LogP contribution in [-0.2, 0) is 4.79 Å². The average molecular weight is 405 g/mol. The first-order valence-corrected chi connectivity index (χ1v) is 11.7. The number of Topliss-reactive ketones (excluding diaryl/α,β-unsaturated/α-hetero) is 1. The molecule has 4 aliphatic rings. The van der Waals surface area contributed by atoms with Crippen molar-refractivity contribution < 1.29 is 9.90 Å². The van der Waals surface area contributed by atoms with Crippen molar-refractivity contribution in [1.29, 1.82) is 0 Å². The molecular formula is C28H36O2. The van der Waals surface area contributed by atoms with Gasteiger partial charge in [0.2, 0.25) is 0 Å². The highest BCUT2D eigenvalue weighted by Gasteiger charge is 2.64. The van der Waals surface area contributed by atoms with E-state index in [0.29, 0.717) is 17.6 Å². The van der Waals surface area contributed by atoms with E-state index in [1.54, 1.807) is 0 Å². The van der Waals surface area contributed by atoms with Gasteiger partial charge in [0.05, 0.1) is 6.10 Å². The van der Waals surface area contributed by atoms with E-state index in [4.69, 9.17) is 0 Å². The van der Waals surface area contributed by atoms with Crippen molar-refractivity contribution in [2.45, 2.75) is 73.3 Å². The van der Waals surface area contributed by atoms with Crippen molar-refractivity contribution in [2.24, 2.45) is 33.5 Å². The van der Waals surface area contributed by atoms with Crippen LogP contribution in [0.5, 0.6) is 0 Å². The third-order valence-corrected chi connectivity index (χ3v) is 10.6. The number of rotatable bonds is 2. The fourth-order valence-corrected chi connectivity index (χ4v) is 7.49. The molecule has 0 amide bonds. The fourth-order valence-electron chi connectivity index (χ4n) is 7.49. The Balaban J connectivity index is 1.43. The summed E-state index contributed by atoms with van der Waals surface area (Å²) in [5.41, 5.74) is 4.47. The molecule has 1 aromatic rings. The molecule has 5 rings (SSSR count). The molecule has 160 valence electrons. The van der Waals surface area contributed by atoms with Gasteiger partial charge in [-0.25, -0.2) is 0 Å². The number of hydrogen-bond acceptors (Lipinski definition) is 2. The van der Waals surface area contributed by atoms with Crippen molar-refractivity contribution >= 4 is 17.9 Å². The zero-order valence-corrected chi connectivity index (χ0v) is 19.4. The van der Waals surface area contributed by atoms with E-state index in [0.717, 1.165) is 36.0 Å². The summed E-state index contributed by atoms with van der Waals surface area (Å²) in [4.78, 5) is 13.1. The minimum atomic E-state index is -0.345. The molecule has 0 radical (unpaired) electrons. The van der Waals surface area contributed by atoms with Crippen LogP contribution >= 0.6 is 0 Å². The van der Waals surface area contributed by atoms with E-state index in [-0.39, 0.29) is 27.8 Å². The maximum absolute atomic E-state index is 13.1. The average Bonchev–Trinajstić information content (AvgIpc) is 3.17. The summed E-state index contributed by atoms with van der Waals surface area (Å²) in [6, 6.07) is 8.52. The Kier molecular flexibility index (Phi) is 4.03. The van der Waals surface area contributed by atoms with Gasteiger partial charge in [-0.15, -0.1) is 0 Å². The van der Waals surface area contributed by atoms with Gasteiger partial charge < -0.3 is 5.11 Å². The number of fused-ring (bicyclic) bond motifs is 4. The number of hydrogen-bond donors (Lipinski definition) is 1. The van der Waals surface area contributed by atoms with Crippen LogP contribution in [0.15, 0.2) is 35.4 Å². The van der Waals surface area contributed by atoms with Crippen molar-refractivity contribution in [1.82, 2.24) is 0 Å². The van der Waals surface area contributed by atoms with Gasteiger partial charge in [-0.1, -0.05) is 71.9 Å². The van der Waals surface area contributed by atoms with Gasteiger partial charge in [-0.2, -0.15) is 0 Å². The summed E-state index contributed by atoms with van der Waals surface area (Å²) in [6.07, 6.45) is 8.43. The smallest absolute Gasteiger partial charge is 0.165 e. The second-order valence-electron chi connectivity index (χ2n) is 12.0. The standard InChI is InChI=1S/C28H36O2/c1-25(2)21-11-13-27(25,5)23(29)19(21)15-17-7-9-18(10-8-17)16-20-22-12-14-28(6,24(20)30)26(22,3)4/h7-10,15-16,21-23,29H,11-14H2,1-6H3/b19-15+,20-16+. The summed E-state index contributed by atoms with van der Waals surface area (Å²) in [5, 5.41) is 11.0. The van der Waals surface area contributed by atoms with Gasteiger partial charge in [-0.05, 0) is 76.7 Å². The summed E-state index contributed by atoms with van der Waals surface area (Å²) >= 11 is 0. The van der Waals surface area contributed by atoms with Crippen molar-refractivity contribution in [3.8, 4) is 0 Å². The summed E-state index contributed by atoms with van der Waals surface area (Å²) in [7, 11) is 0. The second kappa shape index (κ2) is 5.97. The van der Waals surface area contributed by atoms with E-state index in [2.05, 4.69) is 78.0 Å². The van der Waals surface area contributed by atoms with Crippen LogP contribution in [-0.4, -0.2) is 17.0 Å². The third-order valence-electron chi connectivity index (χ3n) is 10.6. The first-order valence-electron chi connectivity index (χ1n) is 11.7. The van der Waals surface area contributed by atoms with Crippen LogP contribution in [0.1, 0.15) is 78.4 Å². The van der Waals surface area contributed by atoms with Gasteiger partial charge in [-0.3, -0.25) is 4.79 Å². The molecule has 0 aromatic heterocycles. The van der Waals surface area contributed by atoms with Crippen molar-refractivity contribution in [3.63, 3.8) is 0 Å². The minimum absolute atomic E-state index is 0.0150. The predicted molar refractivity (Wildman–Crippen MR) is 123 cm³/mol. The maximum Gasteiger partial charge on any atom is 0.165 e. The Morgan fingerprint density at radius 3 is 1.90 bits per heavy atom. The summed E-state index contributed by atoms with van der Waals surface area (Å²) < 4.78 is 0. The maximum atomic E-state index is 13.1. The highest BCUT2D eigenvalue weighted by Crippen LogP contribution is 2.68. The number of benzene rings is 1. The zero-order valence-electron chi connectivity index (χ0n) is 19.4. The molecule has 0 aliphatic heterocycles. The van der Waals surface area contributed by atoms with Crippen LogP contribution in [0, 0.1) is 33.5 Å². The largest absolute Gasteiger partial charge is 0.388 e. The number of carbonyl (C=O) groups is 1. The molecule has 0 heterocycles. The molecule has 5 atom stereocenters. The van der Waals surface area contributed by atoms with Gasteiger partial charge in [0.15, 0.2) is 5.78 Å². The fraction of sp³-hybridized carbons (Fsp3) is 0.607. The predicted octanol–water partition coefficient (Wildman–Crippen LogP) is 6.30. The number of aliphatic hydroxyl groups excluding tert-OH is 1. The summed E-state index contributed by atoms with van der Waals surface area (Å²) in [6.45, 7) is 13.6. The van der Waals surface area contributed by atoms with Crippen molar-refractivity contribution in [2.75, 3.05) is 0 Å². The molecule has 4 fully saturated rings. The van der Waals surface area contributed by atoms with E-state index in [1.807, 2.05) is 0 Å². The Morgan fingerprint density at radius 1 is 0.833 bits per heavy atom. The van der Waals surface area contributed by atoms with Crippen LogP contribution in [0.25, 0.3) is 12.2 Å². The van der Waals surface area contributed by atoms with Crippen LogP contribution in [0.3, 0.4) is 0 Å². The molecule has 4 bridgehead atoms. The minimum Gasteiger partial charge on any atom is -0.388 e. The van der Waals surface area contributed by atoms with E-state index < -0.39 is 0 Å². The Bertz CT molecular complexity index is 976. The lowest BCUT2D eigenvalue weighted by molar-refractivity contribution is -0.125. The molecule has 0 saturated heterocycles. The topological polar surface area (TPSA) is 37.3 Å². The highest BCUT2D eigenvalue weighted by molar-refractivity contribution is 6.07. The molecule has 2 heteroatoms. The second-order valence-corrected chi connectivity index (χ2v) is 12.0. The Labute approximate surface area is 181 Å². The van der Waals surface area contributed by atoms with E-state index in [9.17, 15) is 9.90 Å². The number of carbonyl (C=O) groups excluding carboxylic acids is 1. The van der Waals surface area contributed by atoms with Gasteiger partial charge >= 0.3 is 0 Å². The van der Waals surface area contributed by atoms with Crippen LogP contribution in [0.2, 0.25) is 0 Å². The Hall–Kier alpha value is -1.67. The molecular weight excluding hydrogens is 368 g/mol. The molecule has 30 heavy (non-hydrogen) atoms. The van der Waals surface area contributed by atoms with Gasteiger partial charge in [0.25, 0.3) is 0 Å². The van der Waals surface area contributed by atoms with E-state index in [1.165, 1.54) is 12.0 Å². The zero-order chi connectivity index (χ0) is 21.7. The SMILES string of the molecule is CC12CCC(/C(=C\c3ccc(/C=C4\C5CCC(C)(C4O)C5(C)C)cc3)C1=O)C2(C)C. The highest BCUT2D eigenvalue weighted by atomic mass is 16.3. The summed E-state index contributed by atoms with van der Waals surface area (Å²) in [5.74, 6) is 1.20. The number of ketones is 1. The molecule has 4 saturated carbocycles. The van der Waals surface area contributed by atoms with Crippen LogP contribution in [0.4, 0.5) is 0 Å². The number of allylic oxidation sites excluding steroid dienone is 1. The Morgan fingerprint density at radius 2 is 1.40 bits per heavy atom. The molecule has 1 N–H and O–H groups in total. The molecule has 5 unspecified atom stereocenters. The molecule has 0 spiro atoms. The lowest BCUT2D eigenvalue weighted by atomic mass is 9.70. The lowest BCUT2D eigenvalue weighted by Crippen LogP contribution is -2.35. The normalized spacial score (nSPS) is 43.3. The monoisotopic (exact) mass is 404 g/mol. The first kappa shape index (κ1) is 20.2. The molecule has 2 nitrogen and oxygen atoms in total. The third kappa shape index (κ3) is 2.27. The van der Waals surface area contributed by atoms with Crippen molar-refractivity contribution in [3.05, 3.63) is 46.5 Å².